The highest BCUT2D eigenvalue weighted by Crippen LogP contribution is 2.16. The minimum Gasteiger partial charge on any atom is -0.368 e. The summed E-state index contributed by atoms with van der Waals surface area (Å²) in [6.45, 7) is 2.12. The van der Waals surface area contributed by atoms with Gasteiger partial charge in [0.25, 0.3) is 0 Å². The summed E-state index contributed by atoms with van der Waals surface area (Å²) in [5.41, 5.74) is 0. The quantitative estimate of drug-likeness (QED) is 0.346. The Morgan fingerprint density at radius 2 is 1.29 bits per heavy atom. The lowest BCUT2D eigenvalue weighted by molar-refractivity contribution is -0.180. The van der Waals surface area contributed by atoms with Crippen LogP contribution in [0.25, 0.3) is 0 Å². The first-order valence-corrected chi connectivity index (χ1v) is 5.31. The summed E-state index contributed by atoms with van der Waals surface area (Å²) < 4.78 is 0. The van der Waals surface area contributed by atoms with Crippen molar-refractivity contribution in [2.45, 2.75) is 58.0 Å². The van der Waals surface area contributed by atoms with Gasteiger partial charge in [0.2, 0.25) is 0 Å². The average molecular weight is 206 g/mol. The topological polar surface area (TPSA) is 80.9 Å². The van der Waals surface area contributed by atoms with Gasteiger partial charge in [0.05, 0.1) is 5.92 Å². The second-order valence-electron chi connectivity index (χ2n) is 3.69. The normalized spacial score (nSPS) is 12.0. The van der Waals surface area contributed by atoms with Crippen LogP contribution in [-0.2, 0) is 0 Å². The molecule has 0 aliphatic heterocycles. The van der Waals surface area contributed by atoms with E-state index in [1.54, 1.807) is 0 Å². The molecule has 4 heteroatoms. The molecule has 0 fully saturated rings. The Kier molecular flexibility index (Phi) is 8.08. The van der Waals surface area contributed by atoms with E-state index in [-0.39, 0.29) is 0 Å². The molecule has 0 spiro atoms. The molecule has 0 aromatic heterocycles. The fourth-order valence-corrected chi connectivity index (χ4v) is 1.44. The average Bonchev–Trinajstić information content (AvgIpc) is 2.09. The molecule has 0 bridgehead atoms. The Balaban J connectivity index is 3.52. The molecule has 0 radical (unpaired) electrons. The monoisotopic (exact) mass is 206 g/mol. The fourth-order valence-electron chi connectivity index (χ4n) is 1.44. The van der Waals surface area contributed by atoms with Gasteiger partial charge in [-0.1, -0.05) is 39.0 Å². The lowest BCUT2D eigenvalue weighted by Gasteiger charge is -2.20. The summed E-state index contributed by atoms with van der Waals surface area (Å²) in [6, 6.07) is 0. The van der Waals surface area contributed by atoms with E-state index in [2.05, 4.69) is 6.92 Å². The van der Waals surface area contributed by atoms with Gasteiger partial charge < -0.3 is 20.4 Å². The highest BCUT2D eigenvalue weighted by Gasteiger charge is 2.22. The number of unbranched alkanes of at least 4 members (excludes halogenated alkanes) is 4. The summed E-state index contributed by atoms with van der Waals surface area (Å²) in [5.74, 6) is -0.836. The van der Waals surface area contributed by atoms with E-state index < -0.39 is 18.5 Å². The van der Waals surface area contributed by atoms with E-state index >= 15 is 0 Å². The third kappa shape index (κ3) is 6.32. The van der Waals surface area contributed by atoms with Gasteiger partial charge in [-0.05, 0) is 6.42 Å². The molecule has 0 aromatic carbocycles. The smallest absolute Gasteiger partial charge is 0.159 e. The fraction of sp³-hybridized carbons (Fsp3) is 1.00. The first-order valence-electron chi connectivity index (χ1n) is 5.31. The summed E-state index contributed by atoms with van der Waals surface area (Å²) in [6.07, 6.45) is 2.43. The molecule has 0 aliphatic carbocycles. The molecule has 0 aromatic rings. The van der Waals surface area contributed by atoms with Crippen LogP contribution in [0.3, 0.4) is 0 Å². The van der Waals surface area contributed by atoms with E-state index in [0.29, 0.717) is 6.42 Å². The van der Waals surface area contributed by atoms with E-state index in [1.807, 2.05) is 0 Å². The van der Waals surface area contributed by atoms with Gasteiger partial charge in [-0.15, -0.1) is 0 Å². The zero-order valence-electron chi connectivity index (χ0n) is 8.76. The van der Waals surface area contributed by atoms with Crippen LogP contribution in [0.5, 0.6) is 0 Å². The van der Waals surface area contributed by atoms with Crippen molar-refractivity contribution in [3.63, 3.8) is 0 Å². The summed E-state index contributed by atoms with van der Waals surface area (Å²) in [7, 11) is 0. The Morgan fingerprint density at radius 3 is 1.71 bits per heavy atom. The molecule has 0 saturated heterocycles. The van der Waals surface area contributed by atoms with Crippen molar-refractivity contribution in [1.29, 1.82) is 0 Å². The zero-order valence-corrected chi connectivity index (χ0v) is 8.76. The lowest BCUT2D eigenvalue weighted by atomic mass is 9.99. The van der Waals surface area contributed by atoms with Crippen LogP contribution in [-0.4, -0.2) is 33.0 Å². The van der Waals surface area contributed by atoms with Crippen LogP contribution in [0.15, 0.2) is 0 Å². The Bertz CT molecular complexity index is 117. The number of aliphatic hydroxyl groups excluding tert-OH is 2. The van der Waals surface area contributed by atoms with Crippen molar-refractivity contribution >= 4 is 0 Å². The number of hydrogen-bond acceptors (Lipinski definition) is 4. The van der Waals surface area contributed by atoms with E-state index in [4.69, 9.17) is 20.4 Å². The molecule has 0 heterocycles. The summed E-state index contributed by atoms with van der Waals surface area (Å²) >= 11 is 0. The molecule has 0 atom stereocenters. The molecular formula is C10H22O4. The Hall–Kier alpha value is -0.160. The van der Waals surface area contributed by atoms with Gasteiger partial charge in [-0.2, -0.15) is 0 Å². The van der Waals surface area contributed by atoms with Gasteiger partial charge in [-0.3, -0.25) is 0 Å². The molecule has 4 N–H and O–H groups in total. The predicted molar refractivity (Wildman–Crippen MR) is 53.3 cm³/mol. The largest absolute Gasteiger partial charge is 0.368 e. The van der Waals surface area contributed by atoms with Crippen LogP contribution in [0.4, 0.5) is 0 Å². The standard InChI is InChI=1S/C10H22O4/c1-2-3-4-5-6-7-8(9(11)12)10(13)14/h8-14H,2-7H2,1H3. The summed E-state index contributed by atoms with van der Waals surface area (Å²) in [5, 5.41) is 35.3. The maximum Gasteiger partial charge on any atom is 0.159 e. The molecule has 14 heavy (non-hydrogen) atoms. The van der Waals surface area contributed by atoms with E-state index in [0.717, 1.165) is 25.7 Å². The Labute approximate surface area is 85.2 Å². The van der Waals surface area contributed by atoms with Crippen molar-refractivity contribution in [3.8, 4) is 0 Å². The zero-order chi connectivity index (χ0) is 11.0. The second kappa shape index (κ2) is 8.17. The molecular weight excluding hydrogens is 184 g/mol. The van der Waals surface area contributed by atoms with Gasteiger partial charge in [0.15, 0.2) is 12.6 Å². The SMILES string of the molecule is CCCCCCCC(C(O)O)C(O)O. The Morgan fingerprint density at radius 1 is 0.786 bits per heavy atom. The van der Waals surface area contributed by atoms with Gasteiger partial charge in [0, 0.05) is 0 Å². The van der Waals surface area contributed by atoms with E-state index in [1.165, 1.54) is 6.42 Å². The van der Waals surface area contributed by atoms with E-state index in [9.17, 15) is 0 Å². The predicted octanol–water partition coefficient (Wildman–Crippen LogP) is 0.584. The molecule has 86 valence electrons. The van der Waals surface area contributed by atoms with Crippen molar-refractivity contribution < 1.29 is 20.4 Å². The van der Waals surface area contributed by atoms with Crippen molar-refractivity contribution in [1.82, 2.24) is 0 Å². The van der Waals surface area contributed by atoms with Crippen molar-refractivity contribution in [3.05, 3.63) is 0 Å². The minimum atomic E-state index is -1.64. The van der Waals surface area contributed by atoms with Gasteiger partial charge >= 0.3 is 0 Å². The maximum atomic E-state index is 8.82. The van der Waals surface area contributed by atoms with Crippen LogP contribution in [0, 0.1) is 5.92 Å². The minimum absolute atomic E-state index is 0.443. The van der Waals surface area contributed by atoms with Gasteiger partial charge in [-0.25, -0.2) is 0 Å². The molecule has 4 nitrogen and oxygen atoms in total. The second-order valence-corrected chi connectivity index (χ2v) is 3.69. The van der Waals surface area contributed by atoms with Gasteiger partial charge in [0.1, 0.15) is 0 Å². The van der Waals surface area contributed by atoms with Crippen molar-refractivity contribution in [2.24, 2.45) is 5.92 Å². The highest BCUT2D eigenvalue weighted by atomic mass is 16.5. The number of aliphatic hydroxyl groups is 4. The molecule has 0 unspecified atom stereocenters. The molecule has 0 aliphatic rings. The van der Waals surface area contributed by atoms with Crippen LogP contribution < -0.4 is 0 Å². The van der Waals surface area contributed by atoms with Crippen LogP contribution >= 0.6 is 0 Å². The number of rotatable bonds is 8. The lowest BCUT2D eigenvalue weighted by Crippen LogP contribution is -2.31. The third-order valence-corrected chi connectivity index (χ3v) is 2.41. The first-order chi connectivity index (χ1) is 6.59. The van der Waals surface area contributed by atoms with Crippen LogP contribution in [0.1, 0.15) is 45.4 Å². The molecule has 0 saturated carbocycles. The summed E-state index contributed by atoms with van der Waals surface area (Å²) in [4.78, 5) is 0. The molecule has 0 amide bonds. The highest BCUT2D eigenvalue weighted by molar-refractivity contribution is 4.62. The maximum absolute atomic E-state index is 8.82. The molecule has 0 rings (SSSR count). The van der Waals surface area contributed by atoms with Crippen LogP contribution in [0.2, 0.25) is 0 Å². The number of hydrogen-bond donors (Lipinski definition) is 4. The third-order valence-electron chi connectivity index (χ3n) is 2.41. The van der Waals surface area contributed by atoms with Crippen molar-refractivity contribution in [2.75, 3.05) is 0 Å². The first kappa shape index (κ1) is 13.8.